The minimum atomic E-state index is -3.11. The van der Waals surface area contributed by atoms with Crippen molar-refractivity contribution >= 4 is 33.2 Å². The topological polar surface area (TPSA) is 69.7 Å². The van der Waals surface area contributed by atoms with E-state index < -0.39 is 9.84 Å². The third-order valence-electron chi connectivity index (χ3n) is 4.66. The van der Waals surface area contributed by atoms with Crippen molar-refractivity contribution in [3.63, 3.8) is 0 Å². The molecular weight excluding hydrogens is 350 g/mol. The van der Waals surface area contributed by atoms with Gasteiger partial charge in [-0.15, -0.1) is 0 Å². The molecule has 0 saturated carbocycles. The summed E-state index contributed by atoms with van der Waals surface area (Å²) in [4.78, 5) is 16.5. The minimum Gasteiger partial charge on any atom is -0.318 e. The second kappa shape index (κ2) is 6.90. The van der Waals surface area contributed by atoms with Crippen LogP contribution >= 0.6 is 11.6 Å². The summed E-state index contributed by atoms with van der Waals surface area (Å²) in [5.41, 5.74) is 0.651. The molecule has 0 aliphatic carbocycles. The first-order chi connectivity index (χ1) is 11.4. The molecule has 0 spiro atoms. The van der Waals surface area contributed by atoms with Gasteiger partial charge in [-0.2, -0.15) is 0 Å². The van der Waals surface area contributed by atoms with Crippen molar-refractivity contribution in [1.82, 2.24) is 9.80 Å². The maximum absolute atomic E-state index is 12.6. The van der Waals surface area contributed by atoms with E-state index in [9.17, 15) is 13.2 Å². The Morgan fingerprint density at radius 3 is 2.54 bits per heavy atom. The van der Waals surface area contributed by atoms with Gasteiger partial charge >= 0.3 is 6.03 Å². The number of benzene rings is 1. The zero-order valence-electron chi connectivity index (χ0n) is 13.6. The van der Waals surface area contributed by atoms with Crippen molar-refractivity contribution in [1.29, 1.82) is 0 Å². The fraction of sp³-hybridized carbons (Fsp3) is 0.562. The Morgan fingerprint density at radius 2 is 1.88 bits per heavy atom. The van der Waals surface area contributed by atoms with Crippen molar-refractivity contribution in [2.75, 3.05) is 36.5 Å². The quantitative estimate of drug-likeness (QED) is 0.883. The summed E-state index contributed by atoms with van der Waals surface area (Å²) in [6.45, 7) is 4.19. The first kappa shape index (κ1) is 17.5. The van der Waals surface area contributed by atoms with Gasteiger partial charge in [-0.25, -0.2) is 13.2 Å². The van der Waals surface area contributed by atoms with Crippen LogP contribution in [0.4, 0.5) is 10.5 Å². The number of carbonyl (C=O) groups is 1. The lowest BCUT2D eigenvalue weighted by molar-refractivity contribution is 0.0706. The maximum Gasteiger partial charge on any atom is 0.322 e. The molecule has 2 aliphatic heterocycles. The Hall–Kier alpha value is -1.31. The summed E-state index contributed by atoms with van der Waals surface area (Å²) in [5.74, 6) is 0.189. The Balaban J connectivity index is 1.75. The van der Waals surface area contributed by atoms with E-state index in [1.54, 1.807) is 29.2 Å². The zero-order valence-corrected chi connectivity index (χ0v) is 15.2. The molecule has 2 fully saturated rings. The number of nitrogens with one attached hydrogen (secondary N) is 1. The van der Waals surface area contributed by atoms with Crippen molar-refractivity contribution in [3.05, 3.63) is 29.3 Å². The van der Waals surface area contributed by atoms with Crippen LogP contribution < -0.4 is 5.32 Å². The fourth-order valence-electron chi connectivity index (χ4n) is 3.57. The van der Waals surface area contributed by atoms with Crippen LogP contribution in [0.2, 0.25) is 5.02 Å². The van der Waals surface area contributed by atoms with Gasteiger partial charge in [-0.3, -0.25) is 4.90 Å². The lowest BCUT2D eigenvalue weighted by Crippen LogP contribution is -2.61. The van der Waals surface area contributed by atoms with Crippen LogP contribution in [0.15, 0.2) is 24.3 Å². The molecule has 1 aromatic carbocycles. The molecule has 2 aliphatic rings. The molecule has 0 unspecified atom stereocenters. The molecule has 2 amide bonds. The van der Waals surface area contributed by atoms with Gasteiger partial charge in [0.1, 0.15) is 0 Å². The number of fused-ring (bicyclic) bond motifs is 1. The molecule has 24 heavy (non-hydrogen) atoms. The molecule has 0 aromatic heterocycles. The third kappa shape index (κ3) is 3.68. The second-order valence-electron chi connectivity index (χ2n) is 6.38. The average Bonchev–Trinajstić information content (AvgIpc) is 2.85. The first-order valence-electron chi connectivity index (χ1n) is 8.17. The smallest absolute Gasteiger partial charge is 0.318 e. The van der Waals surface area contributed by atoms with Crippen molar-refractivity contribution in [3.8, 4) is 0 Å². The molecule has 8 heteroatoms. The highest BCUT2D eigenvalue weighted by molar-refractivity contribution is 7.91. The molecule has 6 nitrogen and oxygen atoms in total. The molecule has 3 rings (SSSR count). The van der Waals surface area contributed by atoms with E-state index in [0.29, 0.717) is 23.8 Å². The number of piperazine rings is 1. The maximum atomic E-state index is 12.6. The molecule has 2 heterocycles. The Morgan fingerprint density at radius 1 is 1.21 bits per heavy atom. The fourth-order valence-corrected chi connectivity index (χ4v) is 5.71. The van der Waals surface area contributed by atoms with Crippen LogP contribution in [0.3, 0.4) is 0 Å². The number of halogens is 1. The van der Waals surface area contributed by atoms with Gasteiger partial charge in [-0.05, 0) is 37.2 Å². The van der Waals surface area contributed by atoms with Gasteiger partial charge in [-0.1, -0.05) is 18.5 Å². The lowest BCUT2D eigenvalue weighted by atomic mass is 10.0. The summed E-state index contributed by atoms with van der Waals surface area (Å²) in [5, 5.41) is 3.44. The number of nitrogens with zero attached hydrogens (tertiary/aromatic N) is 2. The van der Waals surface area contributed by atoms with Gasteiger partial charge in [0.2, 0.25) is 0 Å². The average molecular weight is 372 g/mol. The number of rotatable bonds is 3. The minimum absolute atomic E-state index is 0.0475. The number of hydrogen-bond acceptors (Lipinski definition) is 4. The van der Waals surface area contributed by atoms with Crippen LogP contribution in [-0.2, 0) is 9.84 Å². The summed E-state index contributed by atoms with van der Waals surface area (Å²) in [7, 11) is -3.11. The number of anilines is 1. The Kier molecular flexibility index (Phi) is 5.03. The first-order valence-corrected chi connectivity index (χ1v) is 10.4. The summed E-state index contributed by atoms with van der Waals surface area (Å²) in [6.07, 6.45) is 0.972. The normalized spacial score (nSPS) is 26.2. The largest absolute Gasteiger partial charge is 0.322 e. The molecule has 0 radical (unpaired) electrons. The van der Waals surface area contributed by atoms with Crippen molar-refractivity contribution in [2.24, 2.45) is 0 Å². The van der Waals surface area contributed by atoms with E-state index in [0.717, 1.165) is 13.0 Å². The summed E-state index contributed by atoms with van der Waals surface area (Å²) >= 11 is 5.85. The predicted octanol–water partition coefficient (Wildman–Crippen LogP) is 2.07. The third-order valence-corrected chi connectivity index (χ3v) is 6.61. The monoisotopic (exact) mass is 371 g/mol. The lowest BCUT2D eigenvalue weighted by Gasteiger charge is -2.43. The SMILES string of the molecule is CCCN1CCN(C(=O)Nc2ccc(Cl)cc2)[C@H]2CS(=O)(=O)C[C@H]21. The zero-order chi connectivity index (χ0) is 17.3. The number of sulfone groups is 1. The predicted molar refractivity (Wildman–Crippen MR) is 95.3 cm³/mol. The molecule has 2 atom stereocenters. The van der Waals surface area contributed by atoms with Gasteiger partial charge in [0.05, 0.1) is 17.5 Å². The van der Waals surface area contributed by atoms with Gasteiger partial charge < -0.3 is 10.2 Å². The van der Waals surface area contributed by atoms with Crippen LogP contribution in [0.1, 0.15) is 13.3 Å². The second-order valence-corrected chi connectivity index (χ2v) is 8.97. The van der Waals surface area contributed by atoms with E-state index in [4.69, 9.17) is 11.6 Å². The Labute approximate surface area is 147 Å². The van der Waals surface area contributed by atoms with Gasteiger partial charge in [0.15, 0.2) is 9.84 Å². The van der Waals surface area contributed by atoms with Gasteiger partial charge in [0.25, 0.3) is 0 Å². The number of carbonyl (C=O) groups excluding carboxylic acids is 1. The van der Waals surface area contributed by atoms with E-state index >= 15 is 0 Å². The number of urea groups is 1. The van der Waals surface area contributed by atoms with Gasteiger partial charge in [0, 0.05) is 29.8 Å². The summed E-state index contributed by atoms with van der Waals surface area (Å²) < 4.78 is 24.2. The standard InChI is InChI=1S/C16H22ClN3O3S/c1-2-7-19-8-9-20(15-11-24(22,23)10-14(15)19)16(21)18-13-5-3-12(17)4-6-13/h3-6,14-15H,2,7-11H2,1H3,(H,18,21)/t14-,15+/m1/s1. The highest BCUT2D eigenvalue weighted by Crippen LogP contribution is 2.27. The molecule has 2 saturated heterocycles. The van der Waals surface area contributed by atoms with Crippen molar-refractivity contribution in [2.45, 2.75) is 25.4 Å². The molecule has 0 bridgehead atoms. The van der Waals surface area contributed by atoms with E-state index in [1.807, 2.05) is 0 Å². The van der Waals surface area contributed by atoms with Crippen LogP contribution in [-0.4, -0.2) is 67.5 Å². The summed E-state index contributed by atoms with van der Waals surface area (Å²) in [6, 6.07) is 6.26. The van der Waals surface area contributed by atoms with E-state index in [2.05, 4.69) is 17.1 Å². The van der Waals surface area contributed by atoms with Crippen LogP contribution in [0, 0.1) is 0 Å². The van der Waals surface area contributed by atoms with Crippen LogP contribution in [0.25, 0.3) is 0 Å². The molecule has 132 valence electrons. The highest BCUT2D eigenvalue weighted by Gasteiger charge is 2.47. The van der Waals surface area contributed by atoms with E-state index in [-0.39, 0.29) is 29.6 Å². The molecular formula is C16H22ClN3O3S. The van der Waals surface area contributed by atoms with Crippen LogP contribution in [0.5, 0.6) is 0 Å². The van der Waals surface area contributed by atoms with Crippen molar-refractivity contribution < 1.29 is 13.2 Å². The highest BCUT2D eigenvalue weighted by atomic mass is 35.5. The molecule has 1 aromatic rings. The number of hydrogen-bond donors (Lipinski definition) is 1. The molecule has 1 N–H and O–H groups in total. The Bertz CT molecular complexity index is 708. The van der Waals surface area contributed by atoms with E-state index in [1.165, 1.54) is 0 Å². The number of amides is 2.